The Morgan fingerprint density at radius 2 is 1.92 bits per heavy atom. The molecule has 5 rings (SSSR count). The molecule has 3 heterocycles. The second kappa shape index (κ2) is 9.30. The molecule has 0 spiro atoms. The molecule has 0 unspecified atom stereocenters. The fourth-order valence-corrected chi connectivity index (χ4v) is 5.54. The van der Waals surface area contributed by atoms with Crippen LogP contribution in [0.2, 0.25) is 5.02 Å². The number of halogens is 2. The summed E-state index contributed by atoms with van der Waals surface area (Å²) in [6, 6.07) is 12.5. The second-order valence-corrected chi connectivity index (χ2v) is 11.2. The van der Waals surface area contributed by atoms with Gasteiger partial charge in [0.25, 0.3) is 0 Å². The van der Waals surface area contributed by atoms with Crippen molar-refractivity contribution >= 4 is 38.6 Å². The van der Waals surface area contributed by atoms with Crippen molar-refractivity contribution in [2.45, 2.75) is 12.5 Å². The lowest BCUT2D eigenvalue weighted by Gasteiger charge is -2.40. The average molecular weight is 531 g/mol. The number of fused-ring (bicyclic) bond motifs is 1. The van der Waals surface area contributed by atoms with Gasteiger partial charge in [-0.25, -0.2) is 22.5 Å². The third-order valence-corrected chi connectivity index (χ3v) is 7.95. The second-order valence-electron chi connectivity index (χ2n) is 8.79. The Hall–Kier alpha value is -3.28. The van der Waals surface area contributed by atoms with Crippen LogP contribution < -0.4 is 4.90 Å². The number of hydrogen-bond acceptors (Lipinski definition) is 7. The highest BCUT2D eigenvalue weighted by Gasteiger charge is 2.33. The third kappa shape index (κ3) is 4.49. The van der Waals surface area contributed by atoms with E-state index in [0.29, 0.717) is 43.0 Å². The number of benzene rings is 2. The van der Waals surface area contributed by atoms with Crippen molar-refractivity contribution in [3.8, 4) is 17.0 Å². The lowest BCUT2D eigenvalue weighted by atomic mass is 10.0. The topological polar surface area (TPSA) is 104 Å². The maximum atomic E-state index is 14.8. The monoisotopic (exact) mass is 530 g/mol. The van der Waals surface area contributed by atoms with Gasteiger partial charge in [-0.3, -0.25) is 0 Å². The Labute approximate surface area is 212 Å². The van der Waals surface area contributed by atoms with Gasteiger partial charge in [0.05, 0.1) is 16.7 Å². The summed E-state index contributed by atoms with van der Waals surface area (Å²) in [5.74, 6) is -1.07. The van der Waals surface area contributed by atoms with Crippen molar-refractivity contribution < 1.29 is 17.9 Å². The summed E-state index contributed by atoms with van der Waals surface area (Å²) in [5, 5.41) is 14.8. The highest BCUT2D eigenvalue weighted by Crippen LogP contribution is 2.36. The number of piperazine rings is 1. The smallest absolute Gasteiger partial charge is 0.227 e. The normalized spacial score (nSPS) is 17.1. The van der Waals surface area contributed by atoms with Crippen LogP contribution in [-0.4, -0.2) is 69.5 Å². The molecule has 0 radical (unpaired) electrons. The molecular formula is C24H24ClFN6O3S. The molecule has 1 N–H and O–H groups in total. The van der Waals surface area contributed by atoms with Crippen LogP contribution in [0, 0.1) is 5.82 Å². The SMILES string of the molecule is Cn1nc(-c2ccc(Cl)c(O)c2F)c2cnc(N3CCN(S(C)(=O)=O)C[C@H]3Cc3ccccc3)nc21. The van der Waals surface area contributed by atoms with Gasteiger partial charge >= 0.3 is 0 Å². The number of nitrogens with zero attached hydrogens (tertiary/aromatic N) is 6. The van der Waals surface area contributed by atoms with Crippen LogP contribution in [0.3, 0.4) is 0 Å². The molecule has 1 aliphatic rings. The number of sulfonamides is 1. The zero-order valence-electron chi connectivity index (χ0n) is 19.6. The number of aromatic hydroxyl groups is 1. The lowest BCUT2D eigenvalue weighted by molar-refractivity contribution is 0.330. The third-order valence-electron chi connectivity index (χ3n) is 6.38. The molecule has 1 aliphatic heterocycles. The molecule has 0 amide bonds. The molecule has 9 nitrogen and oxygen atoms in total. The van der Waals surface area contributed by atoms with Gasteiger partial charge in [-0.2, -0.15) is 14.4 Å². The van der Waals surface area contributed by atoms with Crippen LogP contribution >= 0.6 is 11.6 Å². The van der Waals surface area contributed by atoms with Gasteiger partial charge in [-0.15, -0.1) is 0 Å². The molecule has 1 atom stereocenters. The summed E-state index contributed by atoms with van der Waals surface area (Å²) in [5.41, 5.74) is 1.92. The molecule has 188 valence electrons. The van der Waals surface area contributed by atoms with Crippen molar-refractivity contribution in [1.29, 1.82) is 0 Å². The molecule has 4 aromatic rings. The van der Waals surface area contributed by atoms with Crippen molar-refractivity contribution in [2.75, 3.05) is 30.8 Å². The largest absolute Gasteiger partial charge is 0.504 e. The van der Waals surface area contributed by atoms with Gasteiger partial charge in [0.2, 0.25) is 16.0 Å². The number of anilines is 1. The first kappa shape index (κ1) is 24.4. The zero-order valence-corrected chi connectivity index (χ0v) is 21.2. The minimum Gasteiger partial charge on any atom is -0.504 e. The van der Waals surface area contributed by atoms with Gasteiger partial charge in [0, 0.05) is 44.5 Å². The van der Waals surface area contributed by atoms with E-state index in [2.05, 4.69) is 10.1 Å². The molecule has 36 heavy (non-hydrogen) atoms. The molecule has 0 bridgehead atoms. The van der Waals surface area contributed by atoms with E-state index in [1.807, 2.05) is 35.2 Å². The van der Waals surface area contributed by atoms with Crippen molar-refractivity contribution in [3.05, 3.63) is 65.1 Å². The minimum absolute atomic E-state index is 0.0857. The van der Waals surface area contributed by atoms with E-state index in [9.17, 15) is 17.9 Å². The quantitative estimate of drug-likeness (QED) is 0.422. The van der Waals surface area contributed by atoms with E-state index in [4.69, 9.17) is 16.6 Å². The zero-order chi connectivity index (χ0) is 25.6. The number of phenols is 1. The molecule has 0 aliphatic carbocycles. The Morgan fingerprint density at radius 3 is 2.64 bits per heavy atom. The van der Waals surface area contributed by atoms with Gasteiger partial charge in [-0.05, 0) is 24.1 Å². The average Bonchev–Trinajstić information content (AvgIpc) is 3.18. The van der Waals surface area contributed by atoms with Crippen LogP contribution in [0.1, 0.15) is 5.56 Å². The number of aromatic nitrogens is 4. The maximum Gasteiger partial charge on any atom is 0.227 e. The van der Waals surface area contributed by atoms with Gasteiger partial charge in [0.15, 0.2) is 17.2 Å². The van der Waals surface area contributed by atoms with Crippen LogP contribution in [0.25, 0.3) is 22.3 Å². The molecule has 2 aromatic carbocycles. The minimum atomic E-state index is -3.35. The maximum absolute atomic E-state index is 14.8. The lowest BCUT2D eigenvalue weighted by Crippen LogP contribution is -2.56. The standard InChI is InChI=1S/C24H24ClFN6O3S/c1-30-23-18(21(29-30)17-8-9-19(25)22(33)20(17)26)13-27-24(28-23)32-11-10-31(36(2,34)35)14-16(32)12-15-6-4-3-5-7-15/h3-9,13,16,33H,10-12,14H2,1-2H3/t16-/m1/s1. The van der Waals surface area contributed by atoms with Gasteiger partial charge < -0.3 is 10.0 Å². The molecule has 0 saturated carbocycles. The summed E-state index contributed by atoms with van der Waals surface area (Å²) in [6.07, 6.45) is 3.41. The first-order chi connectivity index (χ1) is 17.1. The van der Waals surface area contributed by atoms with Crippen molar-refractivity contribution in [2.24, 2.45) is 7.05 Å². The van der Waals surface area contributed by atoms with Crippen LogP contribution in [0.5, 0.6) is 5.75 Å². The molecule has 1 fully saturated rings. The van der Waals surface area contributed by atoms with Crippen LogP contribution in [0.15, 0.2) is 48.7 Å². The van der Waals surface area contributed by atoms with Crippen LogP contribution in [0.4, 0.5) is 10.3 Å². The molecule has 12 heteroatoms. The first-order valence-electron chi connectivity index (χ1n) is 11.3. The number of phenolic OH excluding ortho intramolecular Hbond substituents is 1. The van der Waals surface area contributed by atoms with E-state index < -0.39 is 21.6 Å². The Kier molecular flexibility index (Phi) is 6.31. The fourth-order valence-electron chi connectivity index (χ4n) is 4.54. The van der Waals surface area contributed by atoms with Crippen molar-refractivity contribution in [3.63, 3.8) is 0 Å². The highest BCUT2D eigenvalue weighted by molar-refractivity contribution is 7.88. The van der Waals surface area contributed by atoms with E-state index in [1.54, 1.807) is 13.2 Å². The number of aryl methyl sites for hydroxylation is 1. The van der Waals surface area contributed by atoms with Gasteiger partial charge in [-0.1, -0.05) is 41.9 Å². The van der Waals surface area contributed by atoms with Gasteiger partial charge in [0.1, 0.15) is 5.69 Å². The molecule has 2 aromatic heterocycles. The summed E-state index contributed by atoms with van der Waals surface area (Å²) in [4.78, 5) is 11.3. The van der Waals surface area contributed by atoms with E-state index in [0.717, 1.165) is 5.56 Å². The summed E-state index contributed by atoms with van der Waals surface area (Å²) >= 11 is 5.83. The summed E-state index contributed by atoms with van der Waals surface area (Å²) < 4.78 is 42.3. The first-order valence-corrected chi connectivity index (χ1v) is 13.5. The van der Waals surface area contributed by atoms with E-state index in [-0.39, 0.29) is 22.3 Å². The fraction of sp³-hybridized carbons (Fsp3) is 0.292. The molecule has 1 saturated heterocycles. The molecular weight excluding hydrogens is 507 g/mol. The Balaban J connectivity index is 1.54. The predicted octanol–water partition coefficient (Wildman–Crippen LogP) is 3.22. The van der Waals surface area contributed by atoms with Crippen LogP contribution in [-0.2, 0) is 23.5 Å². The van der Waals surface area contributed by atoms with E-state index in [1.165, 1.54) is 27.4 Å². The summed E-state index contributed by atoms with van der Waals surface area (Å²) in [6.45, 7) is 1.04. The van der Waals surface area contributed by atoms with E-state index >= 15 is 0 Å². The Bertz CT molecular complexity index is 1550. The highest BCUT2D eigenvalue weighted by atomic mass is 35.5. The van der Waals surface area contributed by atoms with Crippen molar-refractivity contribution in [1.82, 2.24) is 24.1 Å². The Morgan fingerprint density at radius 1 is 1.17 bits per heavy atom. The number of hydrogen-bond donors (Lipinski definition) is 1. The predicted molar refractivity (Wildman–Crippen MR) is 136 cm³/mol. The number of rotatable bonds is 5. The summed E-state index contributed by atoms with van der Waals surface area (Å²) in [7, 11) is -1.66.